The van der Waals surface area contributed by atoms with Crippen molar-refractivity contribution in [3.05, 3.63) is 10.4 Å². The fourth-order valence-electron chi connectivity index (χ4n) is 3.08. The van der Waals surface area contributed by atoms with Gasteiger partial charge < -0.3 is 10.6 Å². The van der Waals surface area contributed by atoms with Crippen molar-refractivity contribution in [3.63, 3.8) is 0 Å². The van der Waals surface area contributed by atoms with E-state index < -0.39 is 0 Å². The number of ketones is 1. The highest BCUT2D eigenvalue weighted by Gasteiger charge is 2.34. The maximum Gasteiger partial charge on any atom is 0.171 e. The number of piperidine rings is 1. The number of hydrogen-bond donors (Lipinski definition) is 1. The van der Waals surface area contributed by atoms with Crippen molar-refractivity contribution in [1.29, 1.82) is 0 Å². The summed E-state index contributed by atoms with van der Waals surface area (Å²) in [6, 6.07) is 0. The maximum atomic E-state index is 11.7. The zero-order valence-corrected chi connectivity index (χ0v) is 12.6. The predicted octanol–water partition coefficient (Wildman–Crippen LogP) is 3.65. The average molecular weight is 278 g/mol. The van der Waals surface area contributed by atoms with Crippen molar-refractivity contribution in [2.45, 2.75) is 45.4 Å². The van der Waals surface area contributed by atoms with Crippen LogP contribution in [-0.4, -0.2) is 18.9 Å². The topological polar surface area (TPSA) is 46.3 Å². The number of thiophene rings is 1. The summed E-state index contributed by atoms with van der Waals surface area (Å²) in [6.07, 6.45) is 5.03. The molecular weight excluding hydrogens is 256 g/mol. The fraction of sp³-hybridized carbons (Fsp3) is 0.667. The Morgan fingerprint density at radius 2 is 2.11 bits per heavy atom. The Kier molecular flexibility index (Phi) is 3.29. The first-order chi connectivity index (χ1) is 9.08. The molecule has 2 heterocycles. The number of nitrogens with two attached hydrogens (primary N) is 1. The molecule has 1 aliphatic heterocycles. The van der Waals surface area contributed by atoms with Gasteiger partial charge in [-0.15, -0.1) is 11.3 Å². The standard InChI is InChI=1S/C15H22N2OS/c1-9-4-3-7-17(8-9)15-12(11-5-6-11)13(16)14(19-15)10(2)18/h9,11H,3-8,16H2,1-2H3. The van der Waals surface area contributed by atoms with Crippen LogP contribution < -0.4 is 10.6 Å². The first-order valence-electron chi connectivity index (χ1n) is 7.26. The lowest BCUT2D eigenvalue weighted by molar-refractivity contribution is 0.102. The smallest absolute Gasteiger partial charge is 0.171 e. The van der Waals surface area contributed by atoms with Gasteiger partial charge in [0.15, 0.2) is 5.78 Å². The molecule has 1 aromatic rings. The molecule has 2 fully saturated rings. The van der Waals surface area contributed by atoms with E-state index in [-0.39, 0.29) is 5.78 Å². The Labute approximate surface area is 118 Å². The Hall–Kier alpha value is -1.03. The van der Waals surface area contributed by atoms with Crippen LogP contribution in [0, 0.1) is 5.92 Å². The van der Waals surface area contributed by atoms with E-state index >= 15 is 0 Å². The van der Waals surface area contributed by atoms with Crippen molar-refractivity contribution in [3.8, 4) is 0 Å². The molecule has 2 N–H and O–H groups in total. The average Bonchev–Trinajstić information content (AvgIpc) is 3.12. The Morgan fingerprint density at radius 3 is 2.68 bits per heavy atom. The summed E-state index contributed by atoms with van der Waals surface area (Å²) in [5.74, 6) is 1.46. The lowest BCUT2D eigenvalue weighted by Crippen LogP contribution is -2.34. The molecule has 104 valence electrons. The van der Waals surface area contributed by atoms with Gasteiger partial charge in [-0.2, -0.15) is 0 Å². The van der Waals surface area contributed by atoms with Crippen molar-refractivity contribution >= 4 is 27.8 Å². The Bertz CT molecular complexity index is 504. The summed E-state index contributed by atoms with van der Waals surface area (Å²) in [5, 5.41) is 1.29. The van der Waals surface area contributed by atoms with Gasteiger partial charge in [-0.1, -0.05) is 6.92 Å². The Balaban J connectivity index is 1.99. The van der Waals surface area contributed by atoms with E-state index in [9.17, 15) is 4.79 Å². The molecule has 0 radical (unpaired) electrons. The van der Waals surface area contributed by atoms with Crippen LogP contribution >= 0.6 is 11.3 Å². The second kappa shape index (κ2) is 4.82. The summed E-state index contributed by atoms with van der Waals surface area (Å²) in [7, 11) is 0. The molecule has 4 heteroatoms. The minimum Gasteiger partial charge on any atom is -0.397 e. The molecule has 3 rings (SSSR count). The van der Waals surface area contributed by atoms with Gasteiger partial charge in [-0.05, 0) is 37.5 Å². The van der Waals surface area contributed by atoms with Gasteiger partial charge in [0.1, 0.15) is 0 Å². The molecule has 1 saturated heterocycles. The zero-order valence-electron chi connectivity index (χ0n) is 11.7. The lowest BCUT2D eigenvalue weighted by Gasteiger charge is -2.32. The number of hydrogen-bond acceptors (Lipinski definition) is 4. The maximum absolute atomic E-state index is 11.7. The SMILES string of the molecule is CC(=O)c1sc(N2CCCC(C)C2)c(C2CC2)c1N. The van der Waals surface area contributed by atoms with Crippen LogP contribution in [0.2, 0.25) is 0 Å². The molecule has 2 aliphatic rings. The number of carbonyl (C=O) groups excluding carboxylic acids is 1. The number of rotatable bonds is 3. The van der Waals surface area contributed by atoms with E-state index in [0.29, 0.717) is 5.92 Å². The summed E-state index contributed by atoms with van der Waals surface area (Å²) in [4.78, 5) is 15.0. The number of Topliss-reactive ketones (excluding diaryl/α,β-unsaturated/α-hetero) is 1. The van der Waals surface area contributed by atoms with Crippen molar-refractivity contribution in [2.24, 2.45) is 5.92 Å². The number of nitrogen functional groups attached to an aromatic ring is 1. The minimum absolute atomic E-state index is 0.112. The predicted molar refractivity (Wildman–Crippen MR) is 81.3 cm³/mol. The van der Waals surface area contributed by atoms with Crippen molar-refractivity contribution in [2.75, 3.05) is 23.7 Å². The molecule has 1 saturated carbocycles. The van der Waals surface area contributed by atoms with Crippen LogP contribution in [0.4, 0.5) is 10.7 Å². The number of carbonyl (C=O) groups is 1. The van der Waals surface area contributed by atoms with Crippen molar-refractivity contribution < 1.29 is 4.79 Å². The van der Waals surface area contributed by atoms with Gasteiger partial charge in [0.25, 0.3) is 0 Å². The molecule has 1 aromatic heterocycles. The summed E-state index contributed by atoms with van der Waals surface area (Å²) in [5.41, 5.74) is 8.30. The first kappa shape index (κ1) is 13.0. The monoisotopic (exact) mass is 278 g/mol. The molecule has 1 aliphatic carbocycles. The number of anilines is 2. The van der Waals surface area contributed by atoms with E-state index in [2.05, 4.69) is 11.8 Å². The third kappa shape index (κ3) is 2.38. The number of nitrogens with zero attached hydrogens (tertiary/aromatic N) is 1. The lowest BCUT2D eigenvalue weighted by atomic mass is 10.00. The normalized spacial score (nSPS) is 23.7. The van der Waals surface area contributed by atoms with E-state index in [1.165, 1.54) is 36.2 Å². The molecule has 0 spiro atoms. The quantitative estimate of drug-likeness (QED) is 0.859. The van der Waals surface area contributed by atoms with Crippen LogP contribution in [0.15, 0.2) is 0 Å². The van der Waals surface area contributed by atoms with E-state index in [4.69, 9.17) is 5.73 Å². The summed E-state index contributed by atoms with van der Waals surface area (Å²) in [6.45, 7) is 6.16. The van der Waals surface area contributed by atoms with E-state index in [1.807, 2.05) is 0 Å². The highest BCUT2D eigenvalue weighted by molar-refractivity contribution is 7.18. The van der Waals surface area contributed by atoms with Crippen LogP contribution in [-0.2, 0) is 0 Å². The van der Waals surface area contributed by atoms with Gasteiger partial charge in [0, 0.05) is 25.6 Å². The van der Waals surface area contributed by atoms with Gasteiger partial charge in [0.05, 0.1) is 15.6 Å². The van der Waals surface area contributed by atoms with E-state index in [0.717, 1.165) is 29.6 Å². The van der Waals surface area contributed by atoms with Gasteiger partial charge in [0.2, 0.25) is 0 Å². The van der Waals surface area contributed by atoms with Crippen LogP contribution in [0.1, 0.15) is 60.7 Å². The van der Waals surface area contributed by atoms with Crippen LogP contribution in [0.3, 0.4) is 0 Å². The molecule has 1 unspecified atom stereocenters. The zero-order chi connectivity index (χ0) is 13.6. The molecule has 1 atom stereocenters. The molecule has 0 amide bonds. The Morgan fingerprint density at radius 1 is 1.37 bits per heavy atom. The first-order valence-corrected chi connectivity index (χ1v) is 8.07. The molecule has 0 bridgehead atoms. The fourth-order valence-corrected chi connectivity index (χ4v) is 4.32. The summed E-state index contributed by atoms with van der Waals surface area (Å²) < 4.78 is 0. The van der Waals surface area contributed by atoms with Crippen LogP contribution in [0.25, 0.3) is 0 Å². The third-order valence-corrected chi connectivity index (χ3v) is 5.60. The van der Waals surface area contributed by atoms with Crippen LogP contribution in [0.5, 0.6) is 0 Å². The highest BCUT2D eigenvalue weighted by Crippen LogP contribution is 2.52. The molecular formula is C15H22N2OS. The van der Waals surface area contributed by atoms with Gasteiger partial charge in [-0.3, -0.25) is 4.79 Å². The largest absolute Gasteiger partial charge is 0.397 e. The molecule has 19 heavy (non-hydrogen) atoms. The van der Waals surface area contributed by atoms with Gasteiger partial charge in [-0.25, -0.2) is 0 Å². The van der Waals surface area contributed by atoms with Gasteiger partial charge >= 0.3 is 0 Å². The third-order valence-electron chi connectivity index (χ3n) is 4.21. The minimum atomic E-state index is 0.112. The molecule has 3 nitrogen and oxygen atoms in total. The van der Waals surface area contributed by atoms with Crippen molar-refractivity contribution in [1.82, 2.24) is 0 Å². The second-order valence-electron chi connectivity index (χ2n) is 6.09. The summed E-state index contributed by atoms with van der Waals surface area (Å²) >= 11 is 1.62. The highest BCUT2D eigenvalue weighted by atomic mass is 32.1. The van der Waals surface area contributed by atoms with E-state index in [1.54, 1.807) is 18.3 Å². The second-order valence-corrected chi connectivity index (χ2v) is 7.09. The molecule has 0 aromatic carbocycles.